The Labute approximate surface area is 98.2 Å². The van der Waals surface area contributed by atoms with Crippen LogP contribution in [0.25, 0.3) is 0 Å². The lowest BCUT2D eigenvalue weighted by atomic mass is 9.86. The van der Waals surface area contributed by atoms with E-state index in [2.05, 4.69) is 30.5 Å². The highest BCUT2D eigenvalue weighted by atomic mass is 15.2. The first kappa shape index (κ1) is 11.6. The minimum absolute atomic E-state index is 0.256. The minimum atomic E-state index is 0.256. The fourth-order valence-electron chi connectivity index (χ4n) is 2.68. The van der Waals surface area contributed by atoms with Crippen LogP contribution < -0.4 is 5.32 Å². The molecule has 2 rings (SSSR count). The molecule has 1 N–H and O–H groups in total. The molecule has 0 radical (unpaired) electrons. The highest BCUT2D eigenvalue weighted by Gasteiger charge is 2.31. The number of nitrogens with one attached hydrogen (secondary N) is 1. The predicted molar refractivity (Wildman–Crippen MR) is 66.1 cm³/mol. The van der Waals surface area contributed by atoms with Crippen molar-refractivity contribution in [3.63, 3.8) is 0 Å². The van der Waals surface area contributed by atoms with Gasteiger partial charge < -0.3 is 5.32 Å². The van der Waals surface area contributed by atoms with Crippen molar-refractivity contribution in [2.24, 2.45) is 13.0 Å². The quantitative estimate of drug-likeness (QED) is 0.846. The molecule has 0 aromatic carbocycles. The normalized spacial score (nSPS) is 18.2. The summed E-state index contributed by atoms with van der Waals surface area (Å²) in [5.74, 6) is 0.837. The number of hydrogen-bond donors (Lipinski definition) is 1. The number of aryl methyl sites for hydroxylation is 1. The van der Waals surface area contributed by atoms with E-state index in [0.717, 1.165) is 12.5 Å². The van der Waals surface area contributed by atoms with E-state index >= 15 is 0 Å². The molecule has 0 spiro atoms. The first-order chi connectivity index (χ1) is 7.58. The Morgan fingerprint density at radius 3 is 2.69 bits per heavy atom. The molecule has 0 saturated heterocycles. The predicted octanol–water partition coefficient (Wildman–Crippen LogP) is 2.48. The van der Waals surface area contributed by atoms with E-state index in [1.54, 1.807) is 0 Å². The van der Waals surface area contributed by atoms with Crippen LogP contribution in [0.1, 0.15) is 45.1 Å². The van der Waals surface area contributed by atoms with E-state index in [4.69, 9.17) is 0 Å². The van der Waals surface area contributed by atoms with Gasteiger partial charge in [-0.1, -0.05) is 12.8 Å². The van der Waals surface area contributed by atoms with E-state index < -0.39 is 0 Å². The zero-order valence-electron chi connectivity index (χ0n) is 10.7. The van der Waals surface area contributed by atoms with Crippen molar-refractivity contribution in [3.05, 3.63) is 18.0 Å². The van der Waals surface area contributed by atoms with Crippen molar-refractivity contribution < 1.29 is 0 Å². The molecule has 90 valence electrons. The van der Waals surface area contributed by atoms with Crippen molar-refractivity contribution >= 4 is 0 Å². The average molecular weight is 221 g/mol. The molecule has 3 heteroatoms. The van der Waals surface area contributed by atoms with Gasteiger partial charge in [0.25, 0.3) is 0 Å². The fourth-order valence-corrected chi connectivity index (χ4v) is 2.68. The third-order valence-electron chi connectivity index (χ3n) is 3.88. The van der Waals surface area contributed by atoms with Crippen LogP contribution in [0.5, 0.6) is 0 Å². The number of hydrogen-bond acceptors (Lipinski definition) is 2. The van der Waals surface area contributed by atoms with Crippen molar-refractivity contribution in [2.45, 2.75) is 51.6 Å². The van der Waals surface area contributed by atoms with Crippen LogP contribution in [0.2, 0.25) is 0 Å². The van der Waals surface area contributed by atoms with Crippen LogP contribution >= 0.6 is 0 Å². The van der Waals surface area contributed by atoms with Gasteiger partial charge in [-0.05, 0) is 32.6 Å². The van der Waals surface area contributed by atoms with Gasteiger partial charge in [0.1, 0.15) is 0 Å². The molecule has 16 heavy (non-hydrogen) atoms. The summed E-state index contributed by atoms with van der Waals surface area (Å²) < 4.78 is 1.86. The van der Waals surface area contributed by atoms with Crippen LogP contribution in [0, 0.1) is 5.92 Å². The second kappa shape index (κ2) is 4.58. The fraction of sp³-hybridized carbons (Fsp3) is 0.769. The average Bonchev–Trinajstić information content (AvgIpc) is 2.85. The van der Waals surface area contributed by atoms with Gasteiger partial charge in [-0.15, -0.1) is 0 Å². The maximum Gasteiger partial charge on any atom is 0.0534 e. The van der Waals surface area contributed by atoms with Gasteiger partial charge in [-0.25, -0.2) is 0 Å². The SMILES string of the molecule is Cn1cc(CNC(C)(C)C2CCCC2)cn1. The van der Waals surface area contributed by atoms with Crippen molar-refractivity contribution in [3.8, 4) is 0 Å². The first-order valence-corrected chi connectivity index (χ1v) is 6.30. The van der Waals surface area contributed by atoms with Crippen molar-refractivity contribution in [1.29, 1.82) is 0 Å². The molecule has 1 heterocycles. The third kappa shape index (κ3) is 2.64. The largest absolute Gasteiger partial charge is 0.307 e. The van der Waals surface area contributed by atoms with Crippen LogP contribution in [0.3, 0.4) is 0 Å². The summed E-state index contributed by atoms with van der Waals surface area (Å²) in [6, 6.07) is 0. The summed E-state index contributed by atoms with van der Waals surface area (Å²) in [5.41, 5.74) is 1.53. The Hall–Kier alpha value is -0.830. The molecule has 0 amide bonds. The van der Waals surface area contributed by atoms with Gasteiger partial charge >= 0.3 is 0 Å². The van der Waals surface area contributed by atoms with Crippen LogP contribution in [0.15, 0.2) is 12.4 Å². The monoisotopic (exact) mass is 221 g/mol. The van der Waals surface area contributed by atoms with Gasteiger partial charge in [0, 0.05) is 30.9 Å². The molecule has 0 atom stereocenters. The van der Waals surface area contributed by atoms with Crippen molar-refractivity contribution in [2.75, 3.05) is 0 Å². The highest BCUT2D eigenvalue weighted by Crippen LogP contribution is 2.33. The Bertz CT molecular complexity index is 335. The molecule has 0 bridgehead atoms. The summed E-state index contributed by atoms with van der Waals surface area (Å²) in [6.45, 7) is 5.59. The highest BCUT2D eigenvalue weighted by molar-refractivity contribution is 5.04. The van der Waals surface area contributed by atoms with E-state index in [0.29, 0.717) is 0 Å². The van der Waals surface area contributed by atoms with Gasteiger partial charge in [-0.3, -0.25) is 4.68 Å². The molecule has 1 aromatic heterocycles. The lowest BCUT2D eigenvalue weighted by Gasteiger charge is -2.33. The Morgan fingerprint density at radius 2 is 2.12 bits per heavy atom. The molecule has 3 nitrogen and oxygen atoms in total. The van der Waals surface area contributed by atoms with Gasteiger partial charge in [-0.2, -0.15) is 5.10 Å². The maximum atomic E-state index is 4.19. The number of rotatable bonds is 4. The maximum absolute atomic E-state index is 4.19. The Balaban J connectivity index is 1.88. The Morgan fingerprint density at radius 1 is 1.44 bits per heavy atom. The standard InChI is InChI=1S/C13H23N3/c1-13(2,12-6-4-5-7-12)14-8-11-9-15-16(3)10-11/h9-10,12,14H,4-8H2,1-3H3. The van der Waals surface area contributed by atoms with Crippen LogP contribution in [0.4, 0.5) is 0 Å². The zero-order valence-corrected chi connectivity index (χ0v) is 10.7. The Kier molecular flexibility index (Phi) is 3.33. The number of nitrogens with zero attached hydrogens (tertiary/aromatic N) is 2. The zero-order chi connectivity index (χ0) is 11.6. The summed E-state index contributed by atoms with van der Waals surface area (Å²) in [5, 5.41) is 7.87. The molecule has 0 aliphatic heterocycles. The first-order valence-electron chi connectivity index (χ1n) is 6.30. The van der Waals surface area contributed by atoms with E-state index in [1.807, 2.05) is 17.9 Å². The molecule has 1 aliphatic rings. The van der Waals surface area contributed by atoms with E-state index in [9.17, 15) is 0 Å². The molecule has 1 saturated carbocycles. The smallest absolute Gasteiger partial charge is 0.0534 e. The molecular formula is C13H23N3. The summed E-state index contributed by atoms with van der Waals surface area (Å²) >= 11 is 0. The third-order valence-corrected chi connectivity index (χ3v) is 3.88. The second-order valence-corrected chi connectivity index (χ2v) is 5.58. The molecule has 1 aromatic rings. The lowest BCUT2D eigenvalue weighted by molar-refractivity contribution is 0.254. The van der Waals surface area contributed by atoms with E-state index in [-0.39, 0.29) is 5.54 Å². The topological polar surface area (TPSA) is 29.9 Å². The summed E-state index contributed by atoms with van der Waals surface area (Å²) in [7, 11) is 1.96. The second-order valence-electron chi connectivity index (χ2n) is 5.58. The molecule has 1 aliphatic carbocycles. The van der Waals surface area contributed by atoms with Gasteiger partial charge in [0.2, 0.25) is 0 Å². The summed E-state index contributed by atoms with van der Waals surface area (Å²) in [6.07, 6.45) is 9.60. The minimum Gasteiger partial charge on any atom is -0.307 e. The molecule has 0 unspecified atom stereocenters. The van der Waals surface area contributed by atoms with Crippen molar-refractivity contribution in [1.82, 2.24) is 15.1 Å². The van der Waals surface area contributed by atoms with Gasteiger partial charge in [0.15, 0.2) is 0 Å². The van der Waals surface area contributed by atoms with Gasteiger partial charge in [0.05, 0.1) is 6.20 Å². The lowest BCUT2D eigenvalue weighted by Crippen LogP contribution is -2.44. The molecule has 1 fully saturated rings. The van der Waals surface area contributed by atoms with E-state index in [1.165, 1.54) is 31.2 Å². The van der Waals surface area contributed by atoms with Crippen LogP contribution in [-0.4, -0.2) is 15.3 Å². The van der Waals surface area contributed by atoms with Crippen LogP contribution in [-0.2, 0) is 13.6 Å². The molecular weight excluding hydrogens is 198 g/mol. The number of aromatic nitrogens is 2. The summed E-state index contributed by atoms with van der Waals surface area (Å²) in [4.78, 5) is 0.